The van der Waals surface area contributed by atoms with Crippen LogP contribution in [0.25, 0.3) is 0 Å². The summed E-state index contributed by atoms with van der Waals surface area (Å²) in [5.41, 5.74) is 0. The van der Waals surface area contributed by atoms with Gasteiger partial charge in [-0.2, -0.15) is 0 Å². The average molecular weight is 1510 g/mol. The zero-order chi connectivity index (χ0) is 75.6. The maximum absolute atomic E-state index is 13.1. The van der Waals surface area contributed by atoms with E-state index in [0.717, 1.165) is 108 Å². The summed E-state index contributed by atoms with van der Waals surface area (Å²) in [4.78, 5) is 73.1. The van der Waals surface area contributed by atoms with E-state index in [4.69, 9.17) is 37.0 Å². The first-order valence-electron chi connectivity index (χ1n) is 43.5. The van der Waals surface area contributed by atoms with E-state index in [1.54, 1.807) is 0 Å². The van der Waals surface area contributed by atoms with Crippen LogP contribution < -0.4 is 0 Å². The Morgan fingerprint density at radius 3 is 0.738 bits per heavy atom. The van der Waals surface area contributed by atoms with Crippen molar-refractivity contribution in [3.8, 4) is 0 Å². The van der Waals surface area contributed by atoms with Gasteiger partial charge in [-0.3, -0.25) is 37.3 Å². The largest absolute Gasteiger partial charge is 0.472 e. The Hall–Kier alpha value is -1.94. The van der Waals surface area contributed by atoms with Crippen molar-refractivity contribution in [2.75, 3.05) is 39.6 Å². The third kappa shape index (κ3) is 76.6. The fourth-order valence-corrected chi connectivity index (χ4v) is 14.6. The number of ether oxygens (including phenoxy) is 4. The number of hydrogen-bond donors (Lipinski definition) is 3. The molecule has 0 heterocycles. The fraction of sp³-hybridized carbons (Fsp3) is 0.952. The number of carbonyl (C=O) groups excluding carboxylic acids is 4. The molecule has 0 aliphatic rings. The van der Waals surface area contributed by atoms with E-state index in [1.807, 2.05) is 0 Å². The third-order valence-corrected chi connectivity index (χ3v) is 22.0. The molecule has 0 radical (unpaired) electrons. The van der Waals surface area contributed by atoms with Crippen LogP contribution in [-0.4, -0.2) is 96.7 Å². The molecule has 0 saturated heterocycles. The minimum Gasteiger partial charge on any atom is -0.462 e. The van der Waals surface area contributed by atoms with Gasteiger partial charge in [0.2, 0.25) is 0 Å². The smallest absolute Gasteiger partial charge is 0.462 e. The van der Waals surface area contributed by atoms with E-state index >= 15 is 0 Å². The predicted molar refractivity (Wildman–Crippen MR) is 423 cm³/mol. The second-order valence-corrected chi connectivity index (χ2v) is 33.8. The van der Waals surface area contributed by atoms with Crippen LogP contribution in [0.4, 0.5) is 0 Å². The van der Waals surface area contributed by atoms with Crippen molar-refractivity contribution in [2.45, 2.75) is 464 Å². The van der Waals surface area contributed by atoms with E-state index in [1.165, 1.54) is 257 Å². The number of phosphoric ester groups is 2. The second-order valence-electron chi connectivity index (χ2n) is 30.9. The number of aliphatic hydroxyl groups is 1. The highest BCUT2D eigenvalue weighted by atomic mass is 31.2. The molecule has 0 bridgehead atoms. The molecule has 0 aliphatic carbocycles. The normalized spacial score (nSPS) is 14.1. The van der Waals surface area contributed by atoms with Crippen LogP contribution in [-0.2, 0) is 65.4 Å². The quantitative estimate of drug-likeness (QED) is 0.0222. The maximum Gasteiger partial charge on any atom is 0.472 e. The molecule has 6 atom stereocenters. The first kappa shape index (κ1) is 101. The maximum atomic E-state index is 13.1. The van der Waals surface area contributed by atoms with Gasteiger partial charge in [0.15, 0.2) is 12.2 Å². The molecule has 0 aromatic carbocycles. The van der Waals surface area contributed by atoms with Crippen molar-refractivity contribution >= 4 is 39.5 Å². The fourth-order valence-electron chi connectivity index (χ4n) is 13.0. The lowest BCUT2D eigenvalue weighted by molar-refractivity contribution is -0.161. The Morgan fingerprint density at radius 2 is 0.495 bits per heavy atom. The summed E-state index contributed by atoms with van der Waals surface area (Å²) in [7, 11) is -9.92. The highest BCUT2D eigenvalue weighted by molar-refractivity contribution is 7.47. The van der Waals surface area contributed by atoms with Crippen LogP contribution in [0.3, 0.4) is 0 Å². The van der Waals surface area contributed by atoms with Gasteiger partial charge in [-0.05, 0) is 37.5 Å². The van der Waals surface area contributed by atoms with Crippen molar-refractivity contribution in [1.29, 1.82) is 0 Å². The van der Waals surface area contributed by atoms with Gasteiger partial charge in [-0.15, -0.1) is 0 Å². The lowest BCUT2D eigenvalue weighted by Crippen LogP contribution is -2.30. The number of unbranched alkanes of at least 4 members (excludes halogenated alkanes) is 52. The monoisotopic (exact) mass is 1510 g/mol. The first-order chi connectivity index (χ1) is 49.9. The molecule has 0 spiro atoms. The number of aliphatic hydroxyl groups excluding tert-OH is 1. The molecule has 0 aliphatic heterocycles. The van der Waals surface area contributed by atoms with Crippen molar-refractivity contribution < 1.29 is 80.2 Å². The minimum atomic E-state index is -4.96. The Labute approximate surface area is 632 Å². The molecule has 612 valence electrons. The Kier molecular flexibility index (Phi) is 74.1. The molecule has 0 rings (SSSR count). The van der Waals surface area contributed by atoms with Crippen LogP contribution in [0.5, 0.6) is 0 Å². The van der Waals surface area contributed by atoms with Gasteiger partial charge >= 0.3 is 39.5 Å². The zero-order valence-electron chi connectivity index (χ0n) is 67.6. The van der Waals surface area contributed by atoms with Gasteiger partial charge in [0, 0.05) is 25.7 Å². The molecule has 3 N–H and O–H groups in total. The van der Waals surface area contributed by atoms with E-state index < -0.39 is 97.5 Å². The highest BCUT2D eigenvalue weighted by Gasteiger charge is 2.30. The molecule has 3 unspecified atom stereocenters. The molecule has 0 amide bonds. The summed E-state index contributed by atoms with van der Waals surface area (Å²) in [5.74, 6) is -0.584. The molecular weight excluding hydrogens is 1340 g/mol. The summed E-state index contributed by atoms with van der Waals surface area (Å²) >= 11 is 0. The lowest BCUT2D eigenvalue weighted by Gasteiger charge is -2.21. The van der Waals surface area contributed by atoms with Gasteiger partial charge < -0.3 is 33.8 Å². The summed E-state index contributed by atoms with van der Waals surface area (Å²) in [5, 5.41) is 10.7. The van der Waals surface area contributed by atoms with Crippen LogP contribution in [0.1, 0.15) is 446 Å². The number of esters is 4. The van der Waals surface area contributed by atoms with Crippen molar-refractivity contribution in [2.24, 2.45) is 11.8 Å². The van der Waals surface area contributed by atoms with E-state index in [9.17, 15) is 43.2 Å². The Bertz CT molecular complexity index is 1980. The van der Waals surface area contributed by atoms with Gasteiger partial charge in [0.1, 0.15) is 19.3 Å². The number of rotatable bonds is 83. The van der Waals surface area contributed by atoms with E-state index in [2.05, 4.69) is 41.5 Å². The zero-order valence-corrected chi connectivity index (χ0v) is 69.4. The van der Waals surface area contributed by atoms with Crippen LogP contribution in [0.2, 0.25) is 0 Å². The van der Waals surface area contributed by atoms with Crippen molar-refractivity contribution in [3.63, 3.8) is 0 Å². The standard InChI is InChI=1S/C84H164O17P2/c1-7-10-12-14-16-18-20-22-24-25-26-27-28-29-30-32-36-41-45-49-57-63-68-83(88)100-79(72-94-81(86)66-60-54-47-43-39-37-33-34-38-42-46-52-58-64-76(4)5)74-98-102(90,91)96-70-78(85)71-97-103(92,93)99-75-80(73-95-82(87)67-61-55-51-50-53-59-65-77(6)9-3)101-84(89)69-62-56-48-44-40-35-31-23-21-19-17-15-13-11-8-2/h76-80,85H,7-75H2,1-6H3,(H,90,91)(H,92,93)/t77?,78-,79-,80-/m1/s1. The Morgan fingerprint density at radius 1 is 0.282 bits per heavy atom. The molecule has 17 nitrogen and oxygen atoms in total. The van der Waals surface area contributed by atoms with E-state index in [-0.39, 0.29) is 25.7 Å². The van der Waals surface area contributed by atoms with Crippen molar-refractivity contribution in [1.82, 2.24) is 0 Å². The number of carbonyl (C=O) groups is 4. The molecule has 103 heavy (non-hydrogen) atoms. The molecule has 19 heteroatoms. The van der Waals surface area contributed by atoms with Gasteiger partial charge in [0.05, 0.1) is 26.4 Å². The van der Waals surface area contributed by atoms with Gasteiger partial charge in [-0.1, -0.05) is 395 Å². The highest BCUT2D eigenvalue weighted by Crippen LogP contribution is 2.45. The SMILES string of the molecule is CCCCCCCCCCCCCCCCCCCCCCCCC(=O)O[C@H](COC(=O)CCCCCCCCCCCCCCCC(C)C)COP(=O)(O)OC[C@@H](O)COP(=O)(O)OC[C@@H](COC(=O)CCCCCCCCC(C)CC)OC(=O)CCCCCCCCCCCCCCCCC. The molecule has 0 aromatic heterocycles. The second kappa shape index (κ2) is 75.5. The first-order valence-corrected chi connectivity index (χ1v) is 46.5. The van der Waals surface area contributed by atoms with Crippen LogP contribution >= 0.6 is 15.6 Å². The predicted octanol–water partition coefficient (Wildman–Crippen LogP) is 25.5. The van der Waals surface area contributed by atoms with Crippen LogP contribution in [0.15, 0.2) is 0 Å². The number of phosphoric acid groups is 2. The summed E-state index contributed by atoms with van der Waals surface area (Å²) < 4.78 is 68.8. The lowest BCUT2D eigenvalue weighted by atomic mass is 10.00. The molecular formula is C84H164O17P2. The van der Waals surface area contributed by atoms with Crippen molar-refractivity contribution in [3.05, 3.63) is 0 Å². The van der Waals surface area contributed by atoms with Gasteiger partial charge in [-0.25, -0.2) is 9.13 Å². The van der Waals surface area contributed by atoms with Gasteiger partial charge in [0.25, 0.3) is 0 Å². The van der Waals surface area contributed by atoms with Crippen LogP contribution in [0, 0.1) is 11.8 Å². The average Bonchev–Trinajstić information content (AvgIpc) is 0.924. The number of hydrogen-bond acceptors (Lipinski definition) is 15. The molecule has 0 fully saturated rings. The topological polar surface area (TPSA) is 237 Å². The molecule has 0 saturated carbocycles. The summed E-state index contributed by atoms with van der Waals surface area (Å²) in [6.07, 6.45) is 66.7. The molecule has 0 aromatic rings. The Balaban J connectivity index is 5.22. The summed E-state index contributed by atoms with van der Waals surface area (Å²) in [6, 6.07) is 0. The summed E-state index contributed by atoms with van der Waals surface area (Å²) in [6.45, 7) is 9.63. The van der Waals surface area contributed by atoms with E-state index in [0.29, 0.717) is 25.7 Å². The minimum absolute atomic E-state index is 0.107. The third-order valence-electron chi connectivity index (χ3n) is 20.1.